The molecule has 0 aliphatic carbocycles. The van der Waals surface area contributed by atoms with E-state index in [0.717, 1.165) is 0 Å². The maximum Gasteiger partial charge on any atom is 0.178 e. The molecule has 0 fully saturated rings. The van der Waals surface area contributed by atoms with Crippen molar-refractivity contribution in [2.24, 2.45) is 5.84 Å². The van der Waals surface area contributed by atoms with Gasteiger partial charge in [0.25, 0.3) is 0 Å². The summed E-state index contributed by atoms with van der Waals surface area (Å²) < 4.78 is 38.6. The third-order valence-corrected chi connectivity index (χ3v) is 2.74. The first-order valence-electron chi connectivity index (χ1n) is 6.20. The van der Waals surface area contributed by atoms with E-state index in [-0.39, 0.29) is 5.56 Å². The Labute approximate surface area is 111 Å². The van der Waals surface area contributed by atoms with Gasteiger partial charge in [-0.2, -0.15) is 0 Å². The summed E-state index contributed by atoms with van der Waals surface area (Å²) in [6.45, 7) is 5.78. The zero-order chi connectivity index (χ0) is 14.4. The molecule has 0 aromatic heterocycles. The largest absolute Gasteiger partial charge is 0.351 e. The van der Waals surface area contributed by atoms with Crippen molar-refractivity contribution in [2.75, 3.05) is 13.2 Å². The summed E-state index contributed by atoms with van der Waals surface area (Å²) in [5.74, 6) is 4.08. The molecule has 0 saturated heterocycles. The fourth-order valence-corrected chi connectivity index (χ4v) is 1.83. The molecule has 6 heteroatoms. The number of hydrogen-bond donors (Lipinski definition) is 2. The normalized spacial score (nSPS) is 13.0. The molecule has 0 spiro atoms. The quantitative estimate of drug-likeness (QED) is 0.454. The van der Waals surface area contributed by atoms with Crippen LogP contribution in [-0.4, -0.2) is 19.5 Å². The summed E-state index contributed by atoms with van der Waals surface area (Å²) in [5.41, 5.74) is 2.53. The van der Waals surface area contributed by atoms with Crippen molar-refractivity contribution in [3.8, 4) is 0 Å². The minimum atomic E-state index is -0.917. The Balaban J connectivity index is 3.17. The SMILES string of the molecule is CCOC(OCC)C(NN)c1c(F)ccc(C)c1F. The van der Waals surface area contributed by atoms with E-state index in [1.165, 1.54) is 12.1 Å². The van der Waals surface area contributed by atoms with Gasteiger partial charge in [0.05, 0.1) is 0 Å². The lowest BCUT2D eigenvalue weighted by molar-refractivity contribution is -0.156. The van der Waals surface area contributed by atoms with Crippen molar-refractivity contribution < 1.29 is 18.3 Å². The van der Waals surface area contributed by atoms with Crippen LogP contribution >= 0.6 is 0 Å². The topological polar surface area (TPSA) is 56.5 Å². The molecule has 0 aliphatic rings. The molecule has 0 bridgehead atoms. The first-order chi connectivity index (χ1) is 9.06. The fraction of sp³-hybridized carbons (Fsp3) is 0.538. The van der Waals surface area contributed by atoms with Crippen LogP contribution in [0.2, 0.25) is 0 Å². The van der Waals surface area contributed by atoms with Gasteiger partial charge in [-0.1, -0.05) is 6.07 Å². The van der Waals surface area contributed by atoms with Gasteiger partial charge in [-0.3, -0.25) is 5.84 Å². The predicted molar refractivity (Wildman–Crippen MR) is 68.2 cm³/mol. The van der Waals surface area contributed by atoms with Crippen LogP contribution in [0.4, 0.5) is 8.78 Å². The van der Waals surface area contributed by atoms with E-state index in [2.05, 4.69) is 5.43 Å². The number of rotatable bonds is 7. The standard InChI is InChI=1S/C13H20F2N2O2/c1-4-18-13(19-5-2)12(17-16)10-9(14)7-6-8(3)11(10)15/h6-7,12-13,17H,4-5,16H2,1-3H3. The van der Waals surface area contributed by atoms with E-state index in [1.807, 2.05) is 0 Å². The van der Waals surface area contributed by atoms with Crippen molar-refractivity contribution in [1.82, 2.24) is 5.43 Å². The minimum Gasteiger partial charge on any atom is -0.351 e. The summed E-state index contributed by atoms with van der Waals surface area (Å²) in [4.78, 5) is 0. The van der Waals surface area contributed by atoms with Crippen LogP contribution in [0.1, 0.15) is 31.0 Å². The van der Waals surface area contributed by atoms with E-state index in [9.17, 15) is 8.78 Å². The van der Waals surface area contributed by atoms with Crippen LogP contribution < -0.4 is 11.3 Å². The highest BCUT2D eigenvalue weighted by atomic mass is 19.1. The van der Waals surface area contributed by atoms with Gasteiger partial charge >= 0.3 is 0 Å². The molecule has 0 heterocycles. The maximum absolute atomic E-state index is 14.1. The second kappa shape index (κ2) is 7.49. The average molecular weight is 274 g/mol. The predicted octanol–water partition coefficient (Wildman–Crippen LogP) is 2.18. The molecule has 108 valence electrons. The first-order valence-corrected chi connectivity index (χ1v) is 6.20. The molecule has 0 saturated carbocycles. The minimum absolute atomic E-state index is 0.172. The summed E-state index contributed by atoms with van der Waals surface area (Å²) in [7, 11) is 0. The van der Waals surface area contributed by atoms with Crippen LogP contribution in [0.25, 0.3) is 0 Å². The van der Waals surface area contributed by atoms with Crippen LogP contribution in [0.15, 0.2) is 12.1 Å². The second-order valence-electron chi connectivity index (χ2n) is 4.02. The highest BCUT2D eigenvalue weighted by Crippen LogP contribution is 2.27. The number of hydrazine groups is 1. The van der Waals surface area contributed by atoms with Gasteiger partial charge in [0.1, 0.15) is 17.7 Å². The zero-order valence-corrected chi connectivity index (χ0v) is 11.4. The Hall–Kier alpha value is -1.08. The Bertz CT molecular complexity index is 410. The smallest absolute Gasteiger partial charge is 0.178 e. The molecule has 4 nitrogen and oxygen atoms in total. The van der Waals surface area contributed by atoms with Crippen LogP contribution in [0.3, 0.4) is 0 Å². The third-order valence-electron chi connectivity index (χ3n) is 2.74. The monoisotopic (exact) mass is 274 g/mol. The summed E-state index contributed by atoms with van der Waals surface area (Å²) in [6.07, 6.45) is -0.856. The molecular weight excluding hydrogens is 254 g/mol. The Morgan fingerprint density at radius 1 is 1.21 bits per heavy atom. The molecule has 0 radical (unpaired) electrons. The van der Waals surface area contributed by atoms with Gasteiger partial charge in [0, 0.05) is 18.8 Å². The van der Waals surface area contributed by atoms with Crippen molar-refractivity contribution >= 4 is 0 Å². The van der Waals surface area contributed by atoms with E-state index < -0.39 is 24.0 Å². The number of aryl methyl sites for hydroxylation is 1. The van der Waals surface area contributed by atoms with Gasteiger partial charge in [0.2, 0.25) is 0 Å². The van der Waals surface area contributed by atoms with Gasteiger partial charge < -0.3 is 9.47 Å². The summed E-state index contributed by atoms with van der Waals surface area (Å²) in [6, 6.07) is 1.66. The molecule has 19 heavy (non-hydrogen) atoms. The molecule has 1 atom stereocenters. The van der Waals surface area contributed by atoms with E-state index >= 15 is 0 Å². The lowest BCUT2D eigenvalue weighted by atomic mass is 10.0. The van der Waals surface area contributed by atoms with E-state index in [4.69, 9.17) is 15.3 Å². The first kappa shape index (κ1) is 16.0. The average Bonchev–Trinajstić information content (AvgIpc) is 2.39. The zero-order valence-electron chi connectivity index (χ0n) is 11.4. The molecule has 0 amide bonds. The summed E-state index contributed by atoms with van der Waals surface area (Å²) in [5, 5.41) is 0. The van der Waals surface area contributed by atoms with Gasteiger partial charge in [-0.15, -0.1) is 0 Å². The molecule has 3 N–H and O–H groups in total. The Kier molecular flexibility index (Phi) is 6.30. The Morgan fingerprint density at radius 2 is 1.79 bits per heavy atom. The lowest BCUT2D eigenvalue weighted by Gasteiger charge is -2.27. The summed E-state index contributed by atoms with van der Waals surface area (Å²) >= 11 is 0. The van der Waals surface area contributed by atoms with Gasteiger partial charge in [0.15, 0.2) is 6.29 Å². The van der Waals surface area contributed by atoms with Crippen LogP contribution in [0.5, 0.6) is 0 Å². The van der Waals surface area contributed by atoms with Crippen molar-refractivity contribution in [2.45, 2.75) is 33.1 Å². The molecule has 0 aliphatic heterocycles. The van der Waals surface area contributed by atoms with Crippen LogP contribution in [-0.2, 0) is 9.47 Å². The molecular formula is C13H20F2N2O2. The molecule has 1 rings (SSSR count). The lowest BCUT2D eigenvalue weighted by Crippen LogP contribution is -2.40. The highest BCUT2D eigenvalue weighted by molar-refractivity contribution is 5.29. The number of halogens is 2. The number of ether oxygens (including phenoxy) is 2. The number of nitrogens with one attached hydrogen (secondary N) is 1. The Morgan fingerprint density at radius 3 is 2.26 bits per heavy atom. The third kappa shape index (κ3) is 3.70. The number of hydrogen-bond acceptors (Lipinski definition) is 4. The van der Waals surface area contributed by atoms with Crippen molar-refractivity contribution in [3.63, 3.8) is 0 Å². The second-order valence-corrected chi connectivity index (χ2v) is 4.02. The number of nitrogens with two attached hydrogens (primary N) is 1. The fourth-order valence-electron chi connectivity index (χ4n) is 1.83. The van der Waals surface area contributed by atoms with Crippen molar-refractivity contribution in [1.29, 1.82) is 0 Å². The van der Waals surface area contributed by atoms with E-state index in [0.29, 0.717) is 18.8 Å². The molecule has 1 aromatic rings. The molecule has 1 aromatic carbocycles. The van der Waals surface area contributed by atoms with Gasteiger partial charge in [-0.05, 0) is 32.4 Å². The van der Waals surface area contributed by atoms with E-state index in [1.54, 1.807) is 20.8 Å². The van der Waals surface area contributed by atoms with Gasteiger partial charge in [-0.25, -0.2) is 14.2 Å². The maximum atomic E-state index is 14.1. The number of benzene rings is 1. The van der Waals surface area contributed by atoms with Crippen LogP contribution in [0, 0.1) is 18.6 Å². The molecule has 1 unspecified atom stereocenters. The highest BCUT2D eigenvalue weighted by Gasteiger charge is 2.29. The van der Waals surface area contributed by atoms with Crippen molar-refractivity contribution in [3.05, 3.63) is 34.9 Å².